The smallest absolute Gasteiger partial charge is 0.293 e. The predicted octanol–water partition coefficient (Wildman–Crippen LogP) is 5.38. The van der Waals surface area contributed by atoms with E-state index in [0.29, 0.717) is 29.2 Å². The first-order chi connectivity index (χ1) is 19.0. The highest BCUT2D eigenvalue weighted by Gasteiger charge is 2.25. The Kier molecular flexibility index (Phi) is 8.86. The molecular formula is C30H36N4O6. The summed E-state index contributed by atoms with van der Waals surface area (Å²) >= 11 is 0. The molecule has 2 atom stereocenters. The molecule has 40 heavy (non-hydrogen) atoms. The Morgan fingerprint density at radius 1 is 1.07 bits per heavy atom. The normalized spacial score (nSPS) is 15.5. The van der Waals surface area contributed by atoms with Crippen LogP contribution < -0.4 is 21.8 Å². The molecule has 0 saturated heterocycles. The highest BCUT2D eigenvalue weighted by atomic mass is 16.6. The molecule has 4 N–H and O–H groups in total. The number of fused-ring (bicyclic) bond motifs is 1. The quantitative estimate of drug-likeness (QED) is 0.227. The third kappa shape index (κ3) is 6.67. The molecule has 0 spiro atoms. The number of rotatable bonds is 10. The zero-order chi connectivity index (χ0) is 29.0. The Morgan fingerprint density at radius 2 is 1.75 bits per heavy atom. The Morgan fingerprint density at radius 3 is 2.35 bits per heavy atom. The zero-order valence-electron chi connectivity index (χ0n) is 23.1. The van der Waals surface area contributed by atoms with Crippen molar-refractivity contribution in [1.82, 2.24) is 5.32 Å². The topological polar surface area (TPSA) is 158 Å². The first-order valence-electron chi connectivity index (χ1n) is 13.8. The predicted molar refractivity (Wildman–Crippen MR) is 154 cm³/mol. The molecule has 1 heterocycles. The lowest BCUT2D eigenvalue weighted by molar-refractivity contribution is -0.383. The number of benzene rings is 2. The van der Waals surface area contributed by atoms with Gasteiger partial charge in [0.25, 0.3) is 11.6 Å². The van der Waals surface area contributed by atoms with Crippen molar-refractivity contribution in [1.29, 1.82) is 0 Å². The summed E-state index contributed by atoms with van der Waals surface area (Å²) in [6.45, 7) is 5.90. The molecule has 10 nitrogen and oxygen atoms in total. The molecular weight excluding hydrogens is 512 g/mol. The zero-order valence-corrected chi connectivity index (χ0v) is 23.1. The maximum Gasteiger partial charge on any atom is 0.293 e. The second-order valence-electron chi connectivity index (χ2n) is 11.1. The van der Waals surface area contributed by atoms with E-state index in [1.165, 1.54) is 24.6 Å². The molecule has 10 heteroatoms. The molecule has 212 valence electrons. The van der Waals surface area contributed by atoms with Crippen molar-refractivity contribution in [3.63, 3.8) is 0 Å². The van der Waals surface area contributed by atoms with Gasteiger partial charge in [-0.1, -0.05) is 45.2 Å². The van der Waals surface area contributed by atoms with E-state index in [1.54, 1.807) is 24.3 Å². The minimum atomic E-state index is -0.779. The van der Waals surface area contributed by atoms with Crippen LogP contribution in [-0.2, 0) is 4.79 Å². The Balaban J connectivity index is 1.61. The van der Waals surface area contributed by atoms with E-state index in [1.807, 2.05) is 20.8 Å². The summed E-state index contributed by atoms with van der Waals surface area (Å²) in [4.78, 5) is 48.7. The van der Waals surface area contributed by atoms with Crippen LogP contribution in [0.15, 0.2) is 51.7 Å². The first-order valence-corrected chi connectivity index (χ1v) is 13.8. The molecule has 1 aliphatic rings. The first kappa shape index (κ1) is 28.8. The summed E-state index contributed by atoms with van der Waals surface area (Å²) < 4.78 is 6.05. The maximum absolute atomic E-state index is 13.0. The summed E-state index contributed by atoms with van der Waals surface area (Å²) in [6.07, 6.45) is 6.09. The number of amides is 2. The fourth-order valence-corrected chi connectivity index (χ4v) is 5.34. The second kappa shape index (κ2) is 12.3. The lowest BCUT2D eigenvalue weighted by atomic mass is 9.84. The van der Waals surface area contributed by atoms with Crippen molar-refractivity contribution in [2.24, 2.45) is 17.6 Å². The Hall–Kier alpha value is -4.21. The van der Waals surface area contributed by atoms with E-state index in [4.69, 9.17) is 10.2 Å². The van der Waals surface area contributed by atoms with Crippen LogP contribution in [0, 0.1) is 22.0 Å². The molecule has 1 aromatic heterocycles. The summed E-state index contributed by atoms with van der Waals surface area (Å²) in [5, 5.41) is 17.9. The lowest BCUT2D eigenvalue weighted by Gasteiger charge is -2.28. The molecule has 0 unspecified atom stereocenters. The number of carbonyl (C=O) groups is 2. The Labute approximate surface area is 232 Å². The number of hydrogen-bond donors (Lipinski definition) is 3. The van der Waals surface area contributed by atoms with Gasteiger partial charge in [-0.2, -0.15) is 0 Å². The van der Waals surface area contributed by atoms with Crippen molar-refractivity contribution >= 4 is 34.2 Å². The molecule has 1 fully saturated rings. The fraction of sp³-hybridized carbons (Fsp3) is 0.433. The molecule has 0 aliphatic heterocycles. The highest BCUT2D eigenvalue weighted by molar-refractivity contribution is 5.97. The van der Waals surface area contributed by atoms with Gasteiger partial charge in [-0.3, -0.25) is 24.5 Å². The fourth-order valence-electron chi connectivity index (χ4n) is 5.34. The van der Waals surface area contributed by atoms with Crippen LogP contribution in [-0.4, -0.2) is 28.8 Å². The standard InChI is InChI=1S/C30H36N4O6/c1-17(2)13-24(29(31)36)33-30(37)21-11-9-20(10-12-21)27-16-26(35)22-14-25(34(38)39)23(15-28(22)40-27)32-18(3)19-7-5-4-6-8-19/h9-12,14-19,24,32H,4-8,13H2,1-3H3,(H2,31,36)(H,33,37)/t18-,24-/m0/s1. The molecule has 1 aliphatic carbocycles. The molecule has 3 aromatic rings. The molecule has 1 saturated carbocycles. The summed E-state index contributed by atoms with van der Waals surface area (Å²) in [6, 6.07) is 9.72. The number of nitro groups is 1. The number of carbonyl (C=O) groups excluding carboxylic acids is 2. The maximum atomic E-state index is 13.0. The number of nitrogens with one attached hydrogen (secondary N) is 2. The van der Waals surface area contributed by atoms with Crippen LogP contribution in [0.2, 0.25) is 0 Å². The number of nitro benzene ring substituents is 1. The Bertz CT molecular complexity index is 1460. The van der Waals surface area contributed by atoms with Gasteiger partial charge in [-0.15, -0.1) is 0 Å². The van der Waals surface area contributed by atoms with Crippen molar-refractivity contribution in [2.45, 2.75) is 71.4 Å². The largest absolute Gasteiger partial charge is 0.456 e. The van der Waals surface area contributed by atoms with Gasteiger partial charge in [-0.05, 0) is 50.2 Å². The molecule has 4 rings (SSSR count). The van der Waals surface area contributed by atoms with E-state index in [-0.39, 0.29) is 34.4 Å². The molecule has 2 amide bonds. The number of hydrogen-bond acceptors (Lipinski definition) is 7. The van der Waals surface area contributed by atoms with Crippen LogP contribution in [0.1, 0.15) is 69.7 Å². The van der Waals surface area contributed by atoms with Crippen LogP contribution in [0.25, 0.3) is 22.3 Å². The van der Waals surface area contributed by atoms with Gasteiger partial charge in [0, 0.05) is 35.4 Å². The van der Waals surface area contributed by atoms with E-state index in [9.17, 15) is 24.5 Å². The van der Waals surface area contributed by atoms with Gasteiger partial charge in [0.2, 0.25) is 5.91 Å². The monoisotopic (exact) mass is 548 g/mol. The van der Waals surface area contributed by atoms with E-state index < -0.39 is 28.2 Å². The van der Waals surface area contributed by atoms with Crippen LogP contribution in [0.4, 0.5) is 11.4 Å². The van der Waals surface area contributed by atoms with E-state index >= 15 is 0 Å². The highest BCUT2D eigenvalue weighted by Crippen LogP contribution is 2.34. The van der Waals surface area contributed by atoms with Crippen molar-refractivity contribution < 1.29 is 18.9 Å². The van der Waals surface area contributed by atoms with Crippen LogP contribution in [0.3, 0.4) is 0 Å². The SMILES string of the molecule is CC(C)C[C@H](NC(=O)c1ccc(-c2cc(=O)c3cc([N+](=O)[O-])c(N[C@@H](C)C4CCCCC4)cc3o2)cc1)C(N)=O. The summed E-state index contributed by atoms with van der Waals surface area (Å²) in [5.41, 5.74) is 6.26. The molecule has 0 bridgehead atoms. The van der Waals surface area contributed by atoms with Gasteiger partial charge in [0.1, 0.15) is 23.1 Å². The average Bonchev–Trinajstić information content (AvgIpc) is 2.92. The molecule has 2 aromatic carbocycles. The third-order valence-electron chi connectivity index (χ3n) is 7.57. The minimum absolute atomic E-state index is 0.0275. The summed E-state index contributed by atoms with van der Waals surface area (Å²) in [5.74, 6) is -0.186. The van der Waals surface area contributed by atoms with Crippen molar-refractivity contribution in [2.75, 3.05) is 5.32 Å². The van der Waals surface area contributed by atoms with Gasteiger partial charge < -0.3 is 20.8 Å². The molecule has 0 radical (unpaired) electrons. The minimum Gasteiger partial charge on any atom is -0.456 e. The van der Waals surface area contributed by atoms with E-state index in [0.717, 1.165) is 25.7 Å². The number of anilines is 1. The van der Waals surface area contributed by atoms with Crippen LogP contribution >= 0.6 is 0 Å². The van der Waals surface area contributed by atoms with Crippen molar-refractivity contribution in [3.05, 3.63) is 68.4 Å². The van der Waals surface area contributed by atoms with Gasteiger partial charge in [-0.25, -0.2) is 0 Å². The third-order valence-corrected chi connectivity index (χ3v) is 7.57. The number of primary amides is 1. The number of nitrogens with zero attached hydrogens (tertiary/aromatic N) is 1. The summed E-state index contributed by atoms with van der Waals surface area (Å²) in [7, 11) is 0. The van der Waals surface area contributed by atoms with Crippen molar-refractivity contribution in [3.8, 4) is 11.3 Å². The van der Waals surface area contributed by atoms with Gasteiger partial charge in [0.05, 0.1) is 10.3 Å². The van der Waals surface area contributed by atoms with Crippen LogP contribution in [0.5, 0.6) is 0 Å². The number of nitrogens with two attached hydrogens (primary N) is 1. The second-order valence-corrected chi connectivity index (χ2v) is 11.1. The van der Waals surface area contributed by atoms with Gasteiger partial charge >= 0.3 is 0 Å². The lowest BCUT2D eigenvalue weighted by Crippen LogP contribution is -2.45. The van der Waals surface area contributed by atoms with E-state index in [2.05, 4.69) is 10.6 Å². The van der Waals surface area contributed by atoms with Gasteiger partial charge in [0.15, 0.2) is 5.43 Å². The average molecular weight is 549 g/mol.